The van der Waals surface area contributed by atoms with Gasteiger partial charge in [-0.25, -0.2) is 0 Å². The first-order valence-corrected chi connectivity index (χ1v) is 6.26. The number of rotatable bonds is 2. The molecule has 0 aliphatic carbocycles. The Morgan fingerprint density at radius 2 is 2.12 bits per heavy atom. The van der Waals surface area contributed by atoms with Crippen LogP contribution in [-0.2, 0) is 6.54 Å². The Labute approximate surface area is 98.7 Å². The molecular weight excluding hydrogens is 196 g/mol. The lowest BCUT2D eigenvalue weighted by atomic mass is 10.1. The number of nitrogens with zero attached hydrogens (tertiary/aromatic N) is 1. The second-order valence-corrected chi connectivity index (χ2v) is 4.85. The molecule has 1 atom stereocenters. The van der Waals surface area contributed by atoms with Gasteiger partial charge in [0.2, 0.25) is 0 Å². The van der Waals surface area contributed by atoms with Gasteiger partial charge in [0, 0.05) is 32.2 Å². The predicted octanol–water partition coefficient (Wildman–Crippen LogP) is 2.18. The summed E-state index contributed by atoms with van der Waals surface area (Å²) >= 11 is 0. The third kappa shape index (κ3) is 3.06. The lowest BCUT2D eigenvalue weighted by Gasteiger charge is -2.20. The number of hydrogen-bond acceptors (Lipinski definition) is 2. The van der Waals surface area contributed by atoms with Crippen molar-refractivity contribution in [3.8, 4) is 0 Å². The molecule has 1 aliphatic heterocycles. The summed E-state index contributed by atoms with van der Waals surface area (Å²) in [5, 5.41) is 3.53. The molecule has 0 spiro atoms. The van der Waals surface area contributed by atoms with Gasteiger partial charge in [0.05, 0.1) is 0 Å². The lowest BCUT2D eigenvalue weighted by molar-refractivity contribution is 0.282. The van der Waals surface area contributed by atoms with Crippen molar-refractivity contribution in [2.75, 3.05) is 19.6 Å². The number of nitrogens with one attached hydrogen (secondary N) is 1. The summed E-state index contributed by atoms with van der Waals surface area (Å²) in [6.07, 6.45) is 1.26. The summed E-state index contributed by atoms with van der Waals surface area (Å²) in [5.41, 5.74) is 2.88. The van der Waals surface area contributed by atoms with Crippen LogP contribution in [0.4, 0.5) is 0 Å². The first kappa shape index (κ1) is 11.6. The molecule has 16 heavy (non-hydrogen) atoms. The van der Waals surface area contributed by atoms with Gasteiger partial charge in [0.1, 0.15) is 0 Å². The molecule has 88 valence electrons. The van der Waals surface area contributed by atoms with Gasteiger partial charge in [0.15, 0.2) is 0 Å². The highest BCUT2D eigenvalue weighted by molar-refractivity contribution is 5.25. The molecular formula is C14H22N2. The van der Waals surface area contributed by atoms with Gasteiger partial charge in [-0.05, 0) is 31.4 Å². The van der Waals surface area contributed by atoms with E-state index in [0.29, 0.717) is 6.04 Å². The van der Waals surface area contributed by atoms with Crippen molar-refractivity contribution in [3.05, 3.63) is 35.4 Å². The van der Waals surface area contributed by atoms with E-state index in [4.69, 9.17) is 0 Å². The Hall–Kier alpha value is -0.860. The molecule has 1 N–H and O–H groups in total. The average Bonchev–Trinajstić information content (AvgIpc) is 2.47. The smallest absolute Gasteiger partial charge is 0.0236 e. The quantitative estimate of drug-likeness (QED) is 0.818. The molecule has 1 saturated heterocycles. The van der Waals surface area contributed by atoms with E-state index in [1.165, 1.54) is 30.6 Å². The molecule has 0 aromatic heterocycles. The number of benzene rings is 1. The second-order valence-electron chi connectivity index (χ2n) is 4.85. The van der Waals surface area contributed by atoms with E-state index in [9.17, 15) is 0 Å². The van der Waals surface area contributed by atoms with Crippen LogP contribution in [0.3, 0.4) is 0 Å². The fourth-order valence-electron chi connectivity index (χ4n) is 2.25. The fourth-order valence-corrected chi connectivity index (χ4v) is 2.25. The maximum atomic E-state index is 3.53. The maximum Gasteiger partial charge on any atom is 0.0236 e. The summed E-state index contributed by atoms with van der Waals surface area (Å²) in [4.78, 5) is 2.55. The van der Waals surface area contributed by atoms with Crippen LogP contribution in [0.25, 0.3) is 0 Å². The van der Waals surface area contributed by atoms with Crippen LogP contribution in [0.15, 0.2) is 24.3 Å². The monoisotopic (exact) mass is 218 g/mol. The van der Waals surface area contributed by atoms with Crippen molar-refractivity contribution >= 4 is 0 Å². The summed E-state index contributed by atoms with van der Waals surface area (Å²) in [5.74, 6) is 0. The maximum absolute atomic E-state index is 3.53. The van der Waals surface area contributed by atoms with E-state index in [1.807, 2.05) is 0 Å². The van der Waals surface area contributed by atoms with Crippen molar-refractivity contribution in [2.45, 2.75) is 32.9 Å². The van der Waals surface area contributed by atoms with E-state index in [2.05, 4.69) is 48.3 Å². The Morgan fingerprint density at radius 1 is 1.31 bits per heavy atom. The molecule has 2 rings (SSSR count). The Bertz CT molecular complexity index is 335. The number of aryl methyl sites for hydroxylation is 1. The summed E-state index contributed by atoms with van der Waals surface area (Å²) in [7, 11) is 0. The Kier molecular flexibility index (Phi) is 3.97. The van der Waals surface area contributed by atoms with E-state index < -0.39 is 0 Å². The molecule has 1 fully saturated rings. The fraction of sp³-hybridized carbons (Fsp3) is 0.571. The minimum absolute atomic E-state index is 0.668. The molecule has 2 nitrogen and oxygen atoms in total. The zero-order chi connectivity index (χ0) is 11.4. The highest BCUT2D eigenvalue weighted by Gasteiger charge is 2.13. The highest BCUT2D eigenvalue weighted by Crippen LogP contribution is 2.12. The molecule has 0 saturated carbocycles. The van der Waals surface area contributed by atoms with Gasteiger partial charge < -0.3 is 5.32 Å². The molecule has 0 amide bonds. The minimum atomic E-state index is 0.668. The highest BCUT2D eigenvalue weighted by atomic mass is 15.2. The van der Waals surface area contributed by atoms with Crippen LogP contribution in [0.1, 0.15) is 24.5 Å². The molecule has 1 heterocycles. The first-order valence-electron chi connectivity index (χ1n) is 6.26. The summed E-state index contributed by atoms with van der Waals surface area (Å²) < 4.78 is 0. The molecule has 0 radical (unpaired) electrons. The van der Waals surface area contributed by atoms with Crippen LogP contribution in [0.2, 0.25) is 0 Å². The molecule has 1 aliphatic rings. The van der Waals surface area contributed by atoms with Crippen molar-refractivity contribution in [3.63, 3.8) is 0 Å². The molecule has 1 unspecified atom stereocenters. The zero-order valence-corrected chi connectivity index (χ0v) is 10.4. The third-order valence-corrected chi connectivity index (χ3v) is 3.45. The Balaban J connectivity index is 1.96. The van der Waals surface area contributed by atoms with Gasteiger partial charge in [-0.3, -0.25) is 4.90 Å². The van der Waals surface area contributed by atoms with Gasteiger partial charge in [-0.15, -0.1) is 0 Å². The normalized spacial score (nSPS) is 23.0. The number of hydrogen-bond donors (Lipinski definition) is 1. The summed E-state index contributed by atoms with van der Waals surface area (Å²) in [6.45, 7) is 9.07. The predicted molar refractivity (Wildman–Crippen MR) is 68.5 cm³/mol. The van der Waals surface area contributed by atoms with Gasteiger partial charge in [-0.1, -0.05) is 24.3 Å². The summed E-state index contributed by atoms with van der Waals surface area (Å²) in [6, 6.07) is 9.37. The third-order valence-electron chi connectivity index (χ3n) is 3.45. The first-order chi connectivity index (χ1) is 7.75. The largest absolute Gasteiger partial charge is 0.313 e. The topological polar surface area (TPSA) is 15.3 Å². The van der Waals surface area contributed by atoms with Gasteiger partial charge >= 0.3 is 0 Å². The lowest BCUT2D eigenvalue weighted by Crippen LogP contribution is -2.29. The van der Waals surface area contributed by atoms with Gasteiger partial charge in [0.25, 0.3) is 0 Å². The standard InChI is InChI=1S/C14H22N2/c1-12-5-3-4-6-14(12)11-16-9-7-13(2)15-8-10-16/h3-6,13,15H,7-11H2,1-2H3. The van der Waals surface area contributed by atoms with Gasteiger partial charge in [-0.2, -0.15) is 0 Å². The van der Waals surface area contributed by atoms with Crippen LogP contribution in [0.5, 0.6) is 0 Å². The van der Waals surface area contributed by atoms with E-state index in [1.54, 1.807) is 0 Å². The molecule has 1 aromatic carbocycles. The van der Waals surface area contributed by atoms with Crippen molar-refractivity contribution < 1.29 is 0 Å². The van der Waals surface area contributed by atoms with Crippen molar-refractivity contribution in [2.24, 2.45) is 0 Å². The van der Waals surface area contributed by atoms with Crippen LogP contribution in [0, 0.1) is 6.92 Å². The second kappa shape index (κ2) is 5.46. The molecule has 0 bridgehead atoms. The minimum Gasteiger partial charge on any atom is -0.313 e. The van der Waals surface area contributed by atoms with E-state index in [-0.39, 0.29) is 0 Å². The Morgan fingerprint density at radius 3 is 2.94 bits per heavy atom. The van der Waals surface area contributed by atoms with E-state index >= 15 is 0 Å². The van der Waals surface area contributed by atoms with Crippen molar-refractivity contribution in [1.29, 1.82) is 0 Å². The SMILES string of the molecule is Cc1ccccc1CN1CCNC(C)CC1. The van der Waals surface area contributed by atoms with Crippen LogP contribution < -0.4 is 5.32 Å². The van der Waals surface area contributed by atoms with Crippen LogP contribution >= 0.6 is 0 Å². The molecule has 2 heteroatoms. The van der Waals surface area contributed by atoms with E-state index in [0.717, 1.165) is 13.1 Å². The molecule has 1 aromatic rings. The van der Waals surface area contributed by atoms with Crippen molar-refractivity contribution in [1.82, 2.24) is 10.2 Å². The zero-order valence-electron chi connectivity index (χ0n) is 10.4. The van der Waals surface area contributed by atoms with Crippen LogP contribution in [-0.4, -0.2) is 30.6 Å². The average molecular weight is 218 g/mol.